The summed E-state index contributed by atoms with van der Waals surface area (Å²) in [5.74, 6) is 1.61. The van der Waals surface area contributed by atoms with Crippen LogP contribution in [0.25, 0.3) is 0 Å². The molecule has 1 aliphatic heterocycles. The van der Waals surface area contributed by atoms with Gasteiger partial charge >= 0.3 is 13.1 Å². The maximum Gasteiger partial charge on any atom is 0.373 e. The van der Waals surface area contributed by atoms with Gasteiger partial charge in [-0.15, -0.1) is 0 Å². The number of aromatic nitrogens is 2. The lowest BCUT2D eigenvalue weighted by Gasteiger charge is -2.36. The van der Waals surface area contributed by atoms with E-state index in [0.717, 1.165) is 31.2 Å². The number of benzene rings is 1. The first-order chi connectivity index (χ1) is 16.7. The highest BCUT2D eigenvalue weighted by Crippen LogP contribution is 2.47. The minimum atomic E-state index is -0.601. The third-order valence-electron chi connectivity index (χ3n) is 6.36. The standard InChI is InChI=1S/C22H29BCl2N6O4/c1-23(33)29-14-8-6-5-7-13(14)27-21-26-10-12-11-31(22(32)30(2)20(12)28-21)19-17(24)15(34-3)9-16(35-4)18(19)25/h9-10,13-14,29,33H,5-8,11H2,1-4H3,(H,26,27,28)/t13-,14+/m1/s1. The lowest BCUT2D eigenvalue weighted by molar-refractivity contribution is 0.251. The van der Waals surface area contributed by atoms with Crippen molar-refractivity contribution in [3.05, 3.63) is 27.9 Å². The van der Waals surface area contributed by atoms with Crippen LogP contribution in [0, 0.1) is 0 Å². The van der Waals surface area contributed by atoms with Crippen LogP contribution in [0.5, 0.6) is 11.5 Å². The minimum Gasteiger partial charge on any atom is -0.495 e. The molecule has 13 heteroatoms. The number of hydrogen-bond donors (Lipinski definition) is 3. The topological polar surface area (TPSA) is 112 Å². The summed E-state index contributed by atoms with van der Waals surface area (Å²) in [5.41, 5.74) is 1.03. The highest BCUT2D eigenvalue weighted by Gasteiger charge is 2.35. The Kier molecular flexibility index (Phi) is 7.80. The Labute approximate surface area is 215 Å². The van der Waals surface area contributed by atoms with Crippen LogP contribution >= 0.6 is 23.2 Å². The fourth-order valence-corrected chi connectivity index (χ4v) is 5.35. The van der Waals surface area contributed by atoms with Gasteiger partial charge in [-0.25, -0.2) is 9.78 Å². The van der Waals surface area contributed by atoms with E-state index in [9.17, 15) is 9.82 Å². The molecule has 0 bridgehead atoms. The Bertz CT molecular complexity index is 1080. The summed E-state index contributed by atoms with van der Waals surface area (Å²) in [6.45, 7) is 1.88. The van der Waals surface area contributed by atoms with Crippen LogP contribution in [-0.2, 0) is 6.54 Å². The summed E-state index contributed by atoms with van der Waals surface area (Å²) in [5, 5.41) is 16.8. The summed E-state index contributed by atoms with van der Waals surface area (Å²) in [4.78, 5) is 25.4. The average molecular weight is 523 g/mol. The molecule has 1 fully saturated rings. The molecular formula is C22H29BCl2N6O4. The third kappa shape index (κ3) is 5.09. The lowest BCUT2D eigenvalue weighted by Crippen LogP contribution is -2.51. The van der Waals surface area contributed by atoms with Gasteiger partial charge in [0, 0.05) is 37.0 Å². The summed E-state index contributed by atoms with van der Waals surface area (Å²) < 4.78 is 10.7. The van der Waals surface area contributed by atoms with Crippen molar-refractivity contribution in [2.24, 2.45) is 0 Å². The van der Waals surface area contributed by atoms with Crippen molar-refractivity contribution in [1.82, 2.24) is 15.2 Å². The summed E-state index contributed by atoms with van der Waals surface area (Å²) >= 11 is 13.1. The molecule has 1 aliphatic carbocycles. The molecule has 0 spiro atoms. The molecule has 4 rings (SSSR count). The number of amides is 2. The quantitative estimate of drug-likeness (QED) is 0.471. The van der Waals surface area contributed by atoms with Gasteiger partial charge < -0.3 is 25.0 Å². The highest BCUT2D eigenvalue weighted by atomic mass is 35.5. The fourth-order valence-electron chi connectivity index (χ4n) is 4.64. The SMILES string of the molecule is COc1cc(OC)c(Cl)c(N2Cc3cnc(N[C@@H]4CCCC[C@@H]4NB(C)O)nc3N(C)C2=O)c1Cl. The van der Waals surface area contributed by atoms with Crippen LogP contribution in [-0.4, -0.2) is 61.4 Å². The first-order valence-corrected chi connectivity index (χ1v) is 12.2. The molecule has 1 aromatic heterocycles. The molecule has 0 saturated heterocycles. The maximum absolute atomic E-state index is 13.4. The molecular weight excluding hydrogens is 494 g/mol. The van der Waals surface area contributed by atoms with Crippen molar-refractivity contribution >= 4 is 53.7 Å². The Morgan fingerprint density at radius 1 is 1.14 bits per heavy atom. The van der Waals surface area contributed by atoms with Gasteiger partial charge in [-0.2, -0.15) is 4.98 Å². The van der Waals surface area contributed by atoms with Crippen molar-refractivity contribution in [3.8, 4) is 11.5 Å². The second kappa shape index (κ2) is 10.7. The molecule has 2 aliphatic rings. The van der Waals surface area contributed by atoms with E-state index in [1.165, 1.54) is 24.0 Å². The summed E-state index contributed by atoms with van der Waals surface area (Å²) in [7, 11) is 4.00. The van der Waals surface area contributed by atoms with Gasteiger partial charge in [-0.3, -0.25) is 9.80 Å². The van der Waals surface area contributed by atoms with Crippen LogP contribution in [0.3, 0.4) is 0 Å². The number of carbonyl (C=O) groups is 1. The summed E-state index contributed by atoms with van der Waals surface area (Å²) in [6.07, 6.45) is 5.76. The van der Waals surface area contributed by atoms with E-state index in [0.29, 0.717) is 29.0 Å². The van der Waals surface area contributed by atoms with Gasteiger partial charge in [-0.1, -0.05) is 36.0 Å². The number of halogens is 2. The Morgan fingerprint density at radius 3 is 2.37 bits per heavy atom. The second-order valence-corrected chi connectivity index (χ2v) is 9.47. The number of nitrogens with one attached hydrogen (secondary N) is 2. The van der Waals surface area contributed by atoms with Gasteiger partial charge in [0.25, 0.3) is 0 Å². The van der Waals surface area contributed by atoms with Crippen LogP contribution in [0.2, 0.25) is 16.9 Å². The lowest BCUT2D eigenvalue weighted by atomic mass is 9.81. The Balaban J connectivity index is 1.63. The average Bonchev–Trinajstić information content (AvgIpc) is 2.83. The molecule has 2 aromatic rings. The van der Waals surface area contributed by atoms with Crippen molar-refractivity contribution < 1.29 is 19.3 Å². The molecule has 0 unspecified atom stereocenters. The van der Waals surface area contributed by atoms with Crippen molar-refractivity contribution in [2.75, 3.05) is 36.4 Å². The van der Waals surface area contributed by atoms with E-state index >= 15 is 0 Å². The van der Waals surface area contributed by atoms with E-state index in [-0.39, 0.29) is 34.7 Å². The zero-order chi connectivity index (χ0) is 25.3. The molecule has 10 nitrogen and oxygen atoms in total. The highest BCUT2D eigenvalue weighted by molar-refractivity contribution is 6.45. The van der Waals surface area contributed by atoms with E-state index in [4.69, 9.17) is 32.7 Å². The first kappa shape index (κ1) is 25.6. The predicted molar refractivity (Wildman–Crippen MR) is 138 cm³/mol. The Hall–Kier alpha value is -2.47. The van der Waals surface area contributed by atoms with Gasteiger partial charge in [0.15, 0.2) is 0 Å². The first-order valence-electron chi connectivity index (χ1n) is 11.5. The largest absolute Gasteiger partial charge is 0.495 e. The zero-order valence-electron chi connectivity index (χ0n) is 20.1. The van der Waals surface area contributed by atoms with Crippen LogP contribution in [0.1, 0.15) is 31.2 Å². The second-order valence-electron chi connectivity index (χ2n) is 8.71. The number of anilines is 3. The number of methoxy groups -OCH3 is 2. The normalized spacial score (nSPS) is 19.9. The number of ether oxygens (including phenoxy) is 2. The molecule has 2 atom stereocenters. The number of carbonyl (C=O) groups excluding carboxylic acids is 1. The number of rotatable bonds is 7. The number of fused-ring (bicyclic) bond motifs is 1. The van der Waals surface area contributed by atoms with Gasteiger partial charge in [0.05, 0.1) is 26.5 Å². The van der Waals surface area contributed by atoms with Gasteiger partial charge in [0.1, 0.15) is 27.4 Å². The smallest absolute Gasteiger partial charge is 0.373 e. The maximum atomic E-state index is 13.4. The monoisotopic (exact) mass is 522 g/mol. The van der Waals surface area contributed by atoms with Crippen molar-refractivity contribution in [1.29, 1.82) is 0 Å². The molecule has 1 saturated carbocycles. The molecule has 2 heterocycles. The molecule has 2 amide bonds. The van der Waals surface area contributed by atoms with E-state index in [1.54, 1.807) is 26.1 Å². The van der Waals surface area contributed by atoms with Gasteiger partial charge in [-0.05, 0) is 19.7 Å². The minimum absolute atomic E-state index is 0.0689. The van der Waals surface area contributed by atoms with Crippen LogP contribution in [0.4, 0.5) is 22.2 Å². The molecule has 1 aromatic carbocycles. The summed E-state index contributed by atoms with van der Waals surface area (Å²) in [6, 6.07) is 1.39. The molecule has 0 radical (unpaired) electrons. The fraction of sp³-hybridized carbons (Fsp3) is 0.500. The number of urea groups is 1. The van der Waals surface area contributed by atoms with Crippen molar-refractivity contribution in [3.63, 3.8) is 0 Å². The van der Waals surface area contributed by atoms with E-state index in [1.807, 2.05) is 0 Å². The molecule has 188 valence electrons. The predicted octanol–water partition coefficient (Wildman–Crippen LogP) is 3.80. The van der Waals surface area contributed by atoms with Crippen LogP contribution < -0.4 is 29.8 Å². The van der Waals surface area contributed by atoms with Gasteiger partial charge in [0.2, 0.25) is 5.95 Å². The van der Waals surface area contributed by atoms with Crippen molar-refractivity contribution in [2.45, 2.75) is 51.1 Å². The Morgan fingerprint density at radius 2 is 1.77 bits per heavy atom. The third-order valence-corrected chi connectivity index (χ3v) is 7.09. The molecule has 3 N–H and O–H groups in total. The molecule has 35 heavy (non-hydrogen) atoms. The van der Waals surface area contributed by atoms with E-state index in [2.05, 4.69) is 20.5 Å². The van der Waals surface area contributed by atoms with E-state index < -0.39 is 7.05 Å². The number of nitrogens with zero attached hydrogens (tertiary/aromatic N) is 4. The number of hydrogen-bond acceptors (Lipinski definition) is 8. The zero-order valence-corrected chi connectivity index (χ0v) is 21.7. The van der Waals surface area contributed by atoms with Crippen LogP contribution in [0.15, 0.2) is 12.3 Å².